The smallest absolute Gasteiger partial charge is 0.394 e. The molecule has 0 aromatic carbocycles. The van der Waals surface area contributed by atoms with Gasteiger partial charge in [-0.15, -0.1) is 0 Å². The van der Waals surface area contributed by atoms with Crippen LogP contribution in [0.5, 0.6) is 0 Å². The zero-order valence-electron chi connectivity index (χ0n) is 20.9. The van der Waals surface area contributed by atoms with E-state index in [0.717, 1.165) is 19.6 Å². The molecule has 0 aliphatic carbocycles. The Kier molecular flexibility index (Phi) is 54.1. The summed E-state index contributed by atoms with van der Waals surface area (Å²) in [5.74, 6) is 0. The van der Waals surface area contributed by atoms with Crippen LogP contribution in [0, 0.1) is 0 Å². The molecule has 32 heavy (non-hydrogen) atoms. The summed E-state index contributed by atoms with van der Waals surface area (Å²) >= 11 is 0. The van der Waals surface area contributed by atoms with Gasteiger partial charge in [0.05, 0.1) is 13.2 Å². The van der Waals surface area contributed by atoms with Crippen LogP contribution in [0.25, 0.3) is 0 Å². The summed E-state index contributed by atoms with van der Waals surface area (Å²) in [5.41, 5.74) is 15.8. The van der Waals surface area contributed by atoms with Crippen LogP contribution >= 0.6 is 7.82 Å². The molecule has 0 amide bonds. The standard InChI is InChI=1S/3C6H15N.C3H8O3.H3O4P/c3*1-2-3-4-5-6-7;4-1-3(6)2-5;1-5(2,3)4/h3*2-7H2,1H3;3-6H,1-2H2;(H3,1,2,3,4). The van der Waals surface area contributed by atoms with Crippen LogP contribution < -0.4 is 17.2 Å². The highest BCUT2D eigenvalue weighted by atomic mass is 31.2. The number of hydrogen-bond acceptors (Lipinski definition) is 7. The Morgan fingerprint density at radius 1 is 0.594 bits per heavy atom. The molecule has 0 bridgehead atoms. The summed E-state index contributed by atoms with van der Waals surface area (Å²) in [6.07, 6.45) is 14.5. The quantitative estimate of drug-likeness (QED) is 0.126. The van der Waals surface area contributed by atoms with Crippen molar-refractivity contribution in [2.24, 2.45) is 17.2 Å². The number of unbranched alkanes of at least 4 members (excludes halogenated alkanes) is 9. The molecular weight excluding hydrogens is 437 g/mol. The lowest BCUT2D eigenvalue weighted by Gasteiger charge is -1.96. The molecule has 0 saturated carbocycles. The van der Waals surface area contributed by atoms with Gasteiger partial charge in [-0.1, -0.05) is 78.6 Å². The predicted molar refractivity (Wildman–Crippen MR) is 134 cm³/mol. The number of nitrogens with two attached hydrogens (primary N) is 3. The SMILES string of the molecule is CCCCCCN.CCCCCCN.CCCCCCN.O=P(O)(O)O.OCC(O)CO. The van der Waals surface area contributed by atoms with Crippen LogP contribution in [-0.4, -0.2) is 69.0 Å². The predicted octanol–water partition coefficient (Wildman–Crippen LogP) is 1.98. The fourth-order valence-corrected chi connectivity index (χ4v) is 1.77. The van der Waals surface area contributed by atoms with Crippen LogP contribution in [0.4, 0.5) is 0 Å². The molecule has 0 rings (SSSR count). The van der Waals surface area contributed by atoms with Gasteiger partial charge < -0.3 is 47.2 Å². The molecular formula is C21H56N3O7P. The Bertz CT molecular complexity index is 278. The van der Waals surface area contributed by atoms with Gasteiger partial charge >= 0.3 is 7.82 Å². The summed E-state index contributed by atoms with van der Waals surface area (Å²) in [5, 5.41) is 24.0. The lowest BCUT2D eigenvalue weighted by Crippen LogP contribution is -2.15. The first-order valence-corrected chi connectivity index (χ1v) is 13.4. The maximum atomic E-state index is 8.88. The lowest BCUT2D eigenvalue weighted by atomic mass is 10.2. The van der Waals surface area contributed by atoms with Gasteiger partial charge in [-0.05, 0) is 38.9 Å². The van der Waals surface area contributed by atoms with Crippen molar-refractivity contribution in [2.75, 3.05) is 32.8 Å². The van der Waals surface area contributed by atoms with Crippen LogP contribution in [0.15, 0.2) is 0 Å². The summed E-state index contributed by atoms with van der Waals surface area (Å²) in [6.45, 7) is 8.47. The zero-order chi connectivity index (χ0) is 26.1. The Morgan fingerprint density at radius 3 is 0.906 bits per heavy atom. The molecule has 0 aliphatic rings. The van der Waals surface area contributed by atoms with Crippen LogP contribution in [0.3, 0.4) is 0 Å². The van der Waals surface area contributed by atoms with Gasteiger partial charge in [0.2, 0.25) is 0 Å². The van der Waals surface area contributed by atoms with Crippen LogP contribution in [0.1, 0.15) is 97.8 Å². The fourth-order valence-electron chi connectivity index (χ4n) is 1.77. The Hall–Kier alpha value is -0.130. The van der Waals surface area contributed by atoms with E-state index in [-0.39, 0.29) is 13.2 Å². The van der Waals surface area contributed by atoms with Crippen molar-refractivity contribution in [3.63, 3.8) is 0 Å². The molecule has 0 spiro atoms. The Morgan fingerprint density at radius 2 is 0.812 bits per heavy atom. The lowest BCUT2D eigenvalue weighted by molar-refractivity contribution is 0.0450. The summed E-state index contributed by atoms with van der Waals surface area (Å²) < 4.78 is 8.88. The minimum absolute atomic E-state index is 0.365. The average molecular weight is 494 g/mol. The van der Waals surface area contributed by atoms with Gasteiger partial charge in [-0.3, -0.25) is 0 Å². The van der Waals surface area contributed by atoms with E-state index in [1.807, 2.05) is 0 Å². The van der Waals surface area contributed by atoms with Crippen molar-refractivity contribution in [1.82, 2.24) is 0 Å². The van der Waals surface area contributed by atoms with Crippen LogP contribution in [0.2, 0.25) is 0 Å². The summed E-state index contributed by atoms with van der Waals surface area (Å²) in [7, 11) is -4.64. The molecule has 0 radical (unpaired) electrons. The Labute approximate surface area is 196 Å². The van der Waals surface area contributed by atoms with Gasteiger partial charge in [0.1, 0.15) is 6.10 Å². The first kappa shape index (κ1) is 42.1. The molecule has 0 unspecified atom stereocenters. The molecule has 0 aliphatic heterocycles. The molecule has 202 valence electrons. The minimum atomic E-state index is -4.64. The fraction of sp³-hybridized carbons (Fsp3) is 1.00. The summed E-state index contributed by atoms with van der Waals surface area (Å²) in [4.78, 5) is 21.6. The largest absolute Gasteiger partial charge is 0.466 e. The van der Waals surface area contributed by atoms with Crippen molar-refractivity contribution in [3.8, 4) is 0 Å². The highest BCUT2D eigenvalue weighted by Gasteiger charge is 2.00. The highest BCUT2D eigenvalue weighted by Crippen LogP contribution is 2.25. The van der Waals surface area contributed by atoms with Crippen molar-refractivity contribution < 1.29 is 34.6 Å². The second kappa shape index (κ2) is 41.2. The normalized spacial score (nSPS) is 9.91. The van der Waals surface area contributed by atoms with E-state index < -0.39 is 13.9 Å². The van der Waals surface area contributed by atoms with E-state index in [2.05, 4.69) is 20.8 Å². The van der Waals surface area contributed by atoms with Crippen molar-refractivity contribution in [1.29, 1.82) is 0 Å². The van der Waals surface area contributed by atoms with E-state index in [0.29, 0.717) is 0 Å². The van der Waals surface area contributed by atoms with E-state index in [1.54, 1.807) is 0 Å². The van der Waals surface area contributed by atoms with E-state index in [1.165, 1.54) is 77.0 Å². The second-order valence-electron chi connectivity index (χ2n) is 7.08. The number of aliphatic hydroxyl groups is 3. The zero-order valence-corrected chi connectivity index (χ0v) is 21.8. The molecule has 0 atom stereocenters. The first-order valence-electron chi connectivity index (χ1n) is 11.8. The Balaban J connectivity index is -0.0000000954. The van der Waals surface area contributed by atoms with Crippen molar-refractivity contribution in [3.05, 3.63) is 0 Å². The van der Waals surface area contributed by atoms with E-state index in [9.17, 15) is 0 Å². The van der Waals surface area contributed by atoms with Crippen molar-refractivity contribution in [2.45, 2.75) is 104 Å². The second-order valence-corrected chi connectivity index (χ2v) is 8.11. The van der Waals surface area contributed by atoms with E-state index >= 15 is 0 Å². The molecule has 10 nitrogen and oxygen atoms in total. The third kappa shape index (κ3) is 98.8. The summed E-state index contributed by atoms with van der Waals surface area (Å²) in [6, 6.07) is 0. The van der Waals surface area contributed by atoms with Gasteiger partial charge in [-0.2, -0.15) is 0 Å². The number of aliphatic hydroxyl groups excluding tert-OH is 3. The maximum absolute atomic E-state index is 8.88. The molecule has 12 N–H and O–H groups in total. The number of hydrogen-bond donors (Lipinski definition) is 9. The molecule has 0 heterocycles. The molecule has 0 aromatic rings. The van der Waals surface area contributed by atoms with Crippen LogP contribution in [-0.2, 0) is 4.57 Å². The topological polar surface area (TPSA) is 217 Å². The monoisotopic (exact) mass is 493 g/mol. The van der Waals surface area contributed by atoms with Crippen molar-refractivity contribution >= 4 is 7.82 Å². The molecule has 11 heteroatoms. The minimum Gasteiger partial charge on any atom is -0.394 e. The third-order valence-electron chi connectivity index (χ3n) is 3.59. The number of phosphoric acid groups is 1. The molecule has 0 fully saturated rings. The maximum Gasteiger partial charge on any atom is 0.466 e. The number of rotatable bonds is 14. The first-order chi connectivity index (χ1) is 15.1. The highest BCUT2D eigenvalue weighted by molar-refractivity contribution is 7.45. The third-order valence-corrected chi connectivity index (χ3v) is 3.59. The molecule has 0 saturated heterocycles. The van der Waals surface area contributed by atoms with Gasteiger partial charge in [0.15, 0.2) is 0 Å². The van der Waals surface area contributed by atoms with Gasteiger partial charge in [-0.25, -0.2) is 4.57 Å². The van der Waals surface area contributed by atoms with Gasteiger partial charge in [0.25, 0.3) is 0 Å². The van der Waals surface area contributed by atoms with Gasteiger partial charge in [0, 0.05) is 0 Å². The van der Waals surface area contributed by atoms with E-state index in [4.69, 9.17) is 51.8 Å². The molecule has 0 aromatic heterocycles. The average Bonchev–Trinajstić information content (AvgIpc) is 2.74.